The van der Waals surface area contributed by atoms with E-state index in [1.54, 1.807) is 31.2 Å². The van der Waals surface area contributed by atoms with Gasteiger partial charge in [0.1, 0.15) is 23.4 Å². The highest BCUT2D eigenvalue weighted by atomic mass is 32.2. The Morgan fingerprint density at radius 2 is 2.00 bits per heavy atom. The number of thioether (sulfide) groups is 1. The molecule has 7 nitrogen and oxygen atoms in total. The molecule has 1 fully saturated rings. The topological polar surface area (TPSA) is 107 Å². The average molecular weight is 438 g/mol. The smallest absolute Gasteiger partial charge is 0.417 e. The van der Waals surface area contributed by atoms with Crippen molar-refractivity contribution >= 4 is 16.9 Å². The van der Waals surface area contributed by atoms with Gasteiger partial charge in [0, 0.05) is 13.0 Å². The van der Waals surface area contributed by atoms with Crippen LogP contribution in [0.15, 0.2) is 29.3 Å². The number of nitrogens with two attached hydrogens (primary N) is 1. The van der Waals surface area contributed by atoms with Gasteiger partial charge in [-0.05, 0) is 24.6 Å². The molecule has 1 saturated heterocycles. The third-order valence-corrected chi connectivity index (χ3v) is 5.19. The lowest BCUT2D eigenvalue weighted by atomic mass is 9.97. The van der Waals surface area contributed by atoms with Gasteiger partial charge in [0.2, 0.25) is 0 Å². The van der Waals surface area contributed by atoms with Crippen LogP contribution in [0.1, 0.15) is 18.9 Å². The van der Waals surface area contributed by atoms with Gasteiger partial charge in [-0.25, -0.2) is 0 Å². The van der Waals surface area contributed by atoms with Gasteiger partial charge in [-0.15, -0.1) is 0 Å². The lowest BCUT2D eigenvalue weighted by Gasteiger charge is -2.40. The SMILES string of the molecule is CCN=C(N)S[C@@H]1C[C@@H](O)[C@H](O)C([C@@H](OCc2ccc(OC)cc2)C(F)(F)F)O1. The third-order valence-electron chi connectivity index (χ3n) is 4.25. The van der Waals surface area contributed by atoms with Gasteiger partial charge in [0.15, 0.2) is 11.3 Å². The van der Waals surface area contributed by atoms with Gasteiger partial charge in [0.25, 0.3) is 0 Å². The van der Waals surface area contributed by atoms with Gasteiger partial charge in [-0.2, -0.15) is 13.2 Å². The van der Waals surface area contributed by atoms with Crippen molar-refractivity contribution in [3.05, 3.63) is 29.8 Å². The van der Waals surface area contributed by atoms with Gasteiger partial charge in [0.05, 0.1) is 19.8 Å². The summed E-state index contributed by atoms with van der Waals surface area (Å²) in [6.45, 7) is 1.79. The van der Waals surface area contributed by atoms with Crippen molar-refractivity contribution in [2.45, 2.75) is 56.0 Å². The molecule has 0 aromatic heterocycles. The van der Waals surface area contributed by atoms with Crippen molar-refractivity contribution < 1.29 is 37.6 Å². The van der Waals surface area contributed by atoms with Crippen LogP contribution in [0.5, 0.6) is 5.75 Å². The second kappa shape index (κ2) is 10.5. The van der Waals surface area contributed by atoms with Crippen LogP contribution in [0.3, 0.4) is 0 Å². The number of halogens is 3. The fourth-order valence-electron chi connectivity index (χ4n) is 2.80. The highest BCUT2D eigenvalue weighted by Crippen LogP contribution is 2.36. The van der Waals surface area contributed by atoms with Gasteiger partial charge < -0.3 is 30.2 Å². The summed E-state index contributed by atoms with van der Waals surface area (Å²) >= 11 is 0.899. The number of aliphatic imine (C=N–C) groups is 1. The number of nitrogens with zero attached hydrogens (tertiary/aromatic N) is 1. The zero-order chi connectivity index (χ0) is 21.6. The van der Waals surface area contributed by atoms with Crippen LogP contribution in [0.2, 0.25) is 0 Å². The summed E-state index contributed by atoms with van der Waals surface area (Å²) in [5.41, 5.74) is 5.27. The van der Waals surface area contributed by atoms with Crippen LogP contribution in [-0.2, 0) is 16.1 Å². The van der Waals surface area contributed by atoms with Crippen molar-refractivity contribution in [1.82, 2.24) is 0 Å². The molecule has 0 radical (unpaired) electrons. The maximum atomic E-state index is 13.7. The van der Waals surface area contributed by atoms with Gasteiger partial charge >= 0.3 is 6.18 Å². The van der Waals surface area contributed by atoms with Crippen LogP contribution in [0.4, 0.5) is 13.2 Å². The molecule has 4 N–H and O–H groups in total. The van der Waals surface area contributed by atoms with Crippen molar-refractivity contribution in [2.75, 3.05) is 13.7 Å². The Balaban J connectivity index is 2.14. The molecule has 164 valence electrons. The summed E-state index contributed by atoms with van der Waals surface area (Å²) in [7, 11) is 1.48. The zero-order valence-electron chi connectivity index (χ0n) is 16.0. The fourth-order valence-corrected chi connectivity index (χ4v) is 3.75. The Morgan fingerprint density at radius 3 is 2.55 bits per heavy atom. The molecule has 1 aromatic rings. The first-order chi connectivity index (χ1) is 13.7. The standard InChI is InChI=1S/C18H25F3N2O5S/c1-3-23-17(22)29-13-8-12(24)14(25)15(28-13)16(18(19,20)21)27-9-10-4-6-11(26-2)7-5-10/h4-7,12-16,24-25H,3,8-9H2,1-2H3,(H2,22,23)/t12-,13-,14+,15?,16-/m1/s1. The van der Waals surface area contributed by atoms with Gasteiger partial charge in [-0.1, -0.05) is 23.9 Å². The Labute approximate surface area is 171 Å². The van der Waals surface area contributed by atoms with E-state index in [1.165, 1.54) is 7.11 Å². The average Bonchev–Trinajstić information content (AvgIpc) is 2.65. The van der Waals surface area contributed by atoms with E-state index in [0.717, 1.165) is 11.8 Å². The lowest BCUT2D eigenvalue weighted by molar-refractivity contribution is -0.285. The molecule has 29 heavy (non-hydrogen) atoms. The number of methoxy groups -OCH3 is 1. The van der Waals surface area contributed by atoms with Gasteiger partial charge in [-0.3, -0.25) is 4.99 Å². The van der Waals surface area contributed by atoms with Crippen LogP contribution in [-0.4, -0.2) is 65.1 Å². The summed E-state index contributed by atoms with van der Waals surface area (Å²) in [6.07, 6.45) is -12.4. The minimum Gasteiger partial charge on any atom is -0.497 e. The molecule has 0 saturated carbocycles. The number of hydrogen-bond acceptors (Lipinski definition) is 7. The number of ether oxygens (including phenoxy) is 3. The van der Waals surface area contributed by atoms with E-state index in [1.807, 2.05) is 0 Å². The number of hydrogen-bond donors (Lipinski definition) is 3. The summed E-state index contributed by atoms with van der Waals surface area (Å²) in [5, 5.41) is 20.3. The summed E-state index contributed by atoms with van der Waals surface area (Å²) in [5.74, 6) is 0.557. The van der Waals surface area contributed by atoms with Crippen LogP contribution in [0.25, 0.3) is 0 Å². The number of benzene rings is 1. The van der Waals surface area contributed by atoms with E-state index < -0.39 is 36.0 Å². The number of aliphatic hydroxyl groups excluding tert-OH is 2. The Hall–Kier alpha value is -1.53. The Kier molecular flexibility index (Phi) is 8.58. The van der Waals surface area contributed by atoms with E-state index >= 15 is 0 Å². The quantitative estimate of drug-likeness (QED) is 0.442. The first-order valence-corrected chi connectivity index (χ1v) is 9.83. The monoisotopic (exact) mass is 438 g/mol. The van der Waals surface area contributed by atoms with E-state index in [-0.39, 0.29) is 18.2 Å². The molecule has 1 heterocycles. The van der Waals surface area contributed by atoms with Crippen molar-refractivity contribution in [1.29, 1.82) is 0 Å². The second-order valence-electron chi connectivity index (χ2n) is 6.38. The summed E-state index contributed by atoms with van der Waals surface area (Å²) < 4.78 is 56.5. The van der Waals surface area contributed by atoms with Crippen LogP contribution in [0, 0.1) is 0 Å². The zero-order valence-corrected chi connectivity index (χ0v) is 16.8. The molecule has 2 rings (SSSR count). The highest BCUT2D eigenvalue weighted by molar-refractivity contribution is 8.14. The molecular formula is C18H25F3N2O5S. The molecule has 11 heteroatoms. The van der Waals surface area contributed by atoms with Crippen LogP contribution < -0.4 is 10.5 Å². The highest BCUT2D eigenvalue weighted by Gasteiger charge is 2.53. The molecule has 0 bridgehead atoms. The van der Waals surface area contributed by atoms with E-state index in [2.05, 4.69) is 4.99 Å². The van der Waals surface area contributed by atoms with Crippen molar-refractivity contribution in [3.63, 3.8) is 0 Å². The predicted octanol–water partition coefficient (Wildman–Crippen LogP) is 2.05. The summed E-state index contributed by atoms with van der Waals surface area (Å²) in [6, 6.07) is 6.33. The van der Waals surface area contributed by atoms with Crippen LogP contribution >= 0.6 is 11.8 Å². The molecule has 1 aromatic carbocycles. The maximum absolute atomic E-state index is 13.7. The predicted molar refractivity (Wildman–Crippen MR) is 103 cm³/mol. The van der Waals surface area contributed by atoms with Crippen molar-refractivity contribution in [3.8, 4) is 5.75 Å². The molecule has 0 spiro atoms. The maximum Gasteiger partial charge on any atom is 0.417 e. The Bertz CT molecular complexity index is 674. The molecule has 0 amide bonds. The third kappa shape index (κ3) is 6.75. The lowest BCUT2D eigenvalue weighted by Crippen LogP contribution is -2.57. The normalized spacial score (nSPS) is 26.9. The molecule has 1 unspecified atom stereocenters. The minimum absolute atomic E-state index is 0.0919. The molecule has 5 atom stereocenters. The van der Waals surface area contributed by atoms with E-state index in [4.69, 9.17) is 19.9 Å². The number of rotatable bonds is 7. The number of amidine groups is 1. The van der Waals surface area contributed by atoms with Crippen molar-refractivity contribution in [2.24, 2.45) is 10.7 Å². The molecule has 1 aliphatic heterocycles. The number of aliphatic hydroxyl groups is 2. The molecule has 0 aliphatic carbocycles. The second-order valence-corrected chi connectivity index (χ2v) is 7.56. The first kappa shape index (κ1) is 23.7. The van der Waals surface area contributed by atoms with E-state index in [9.17, 15) is 23.4 Å². The molecule has 1 aliphatic rings. The number of alkyl halides is 3. The van der Waals surface area contributed by atoms with E-state index in [0.29, 0.717) is 17.9 Å². The summed E-state index contributed by atoms with van der Waals surface area (Å²) in [4.78, 5) is 3.94. The fraction of sp³-hybridized carbons (Fsp3) is 0.611. The Morgan fingerprint density at radius 1 is 1.34 bits per heavy atom. The molecular weight excluding hydrogens is 413 g/mol. The first-order valence-electron chi connectivity index (χ1n) is 8.95. The largest absolute Gasteiger partial charge is 0.497 e. The minimum atomic E-state index is -4.83.